The van der Waals surface area contributed by atoms with Crippen molar-refractivity contribution in [1.29, 1.82) is 0 Å². The SMILES string of the molecule is COc1ccc(C(=O)N2CCN(C3CC(c4ccc(Cl)cc4)NN3)CC2)cc1. The second-order valence-corrected chi connectivity index (χ2v) is 7.64. The molecule has 1 amide bonds. The first kappa shape index (κ1) is 19.2. The Hall–Kier alpha value is -2.12. The number of amides is 1. The van der Waals surface area contributed by atoms with Gasteiger partial charge < -0.3 is 9.64 Å². The first-order valence-corrected chi connectivity index (χ1v) is 9.96. The van der Waals surface area contributed by atoms with E-state index < -0.39 is 0 Å². The number of halogens is 1. The molecule has 0 aliphatic carbocycles. The van der Waals surface area contributed by atoms with E-state index in [4.69, 9.17) is 16.3 Å². The lowest BCUT2D eigenvalue weighted by Gasteiger charge is -2.37. The first-order chi connectivity index (χ1) is 13.6. The van der Waals surface area contributed by atoms with Gasteiger partial charge in [-0.05, 0) is 48.4 Å². The van der Waals surface area contributed by atoms with Crippen LogP contribution in [-0.4, -0.2) is 55.2 Å². The molecule has 2 aliphatic rings. The molecule has 2 N–H and O–H groups in total. The lowest BCUT2D eigenvalue weighted by molar-refractivity contribution is 0.0545. The predicted octanol–water partition coefficient (Wildman–Crippen LogP) is 2.67. The molecule has 6 nitrogen and oxygen atoms in total. The van der Waals surface area contributed by atoms with Gasteiger partial charge in [-0.25, -0.2) is 10.9 Å². The molecule has 0 spiro atoms. The normalized spacial score (nSPS) is 23.0. The topological polar surface area (TPSA) is 56.8 Å². The van der Waals surface area contributed by atoms with Gasteiger partial charge in [0, 0.05) is 42.8 Å². The molecule has 2 fully saturated rings. The van der Waals surface area contributed by atoms with Gasteiger partial charge in [0.25, 0.3) is 5.91 Å². The molecule has 0 radical (unpaired) electrons. The highest BCUT2D eigenvalue weighted by Crippen LogP contribution is 2.25. The molecule has 2 aliphatic heterocycles. The largest absolute Gasteiger partial charge is 0.497 e. The number of hydrazine groups is 1. The van der Waals surface area contributed by atoms with Crippen molar-refractivity contribution in [2.75, 3.05) is 33.3 Å². The minimum Gasteiger partial charge on any atom is -0.497 e. The van der Waals surface area contributed by atoms with Gasteiger partial charge in [0.1, 0.15) is 5.75 Å². The third-order valence-corrected chi connectivity index (χ3v) is 5.79. The number of piperazine rings is 1. The summed E-state index contributed by atoms with van der Waals surface area (Å²) in [6, 6.07) is 15.6. The van der Waals surface area contributed by atoms with E-state index >= 15 is 0 Å². The molecule has 7 heteroatoms. The standard InChI is InChI=1S/C21H25ClN4O2/c1-28-18-8-4-16(5-9-18)21(27)26-12-10-25(11-13-26)20-14-19(23-24-20)15-2-6-17(22)7-3-15/h2-9,19-20,23-24H,10-14H2,1H3. The fraction of sp³-hybridized carbons (Fsp3) is 0.381. The van der Waals surface area contributed by atoms with Gasteiger partial charge in [0.2, 0.25) is 0 Å². The summed E-state index contributed by atoms with van der Waals surface area (Å²) in [6.07, 6.45) is 1.24. The van der Waals surface area contributed by atoms with E-state index in [-0.39, 0.29) is 18.1 Å². The van der Waals surface area contributed by atoms with Crippen molar-refractivity contribution >= 4 is 17.5 Å². The Morgan fingerprint density at radius 2 is 1.68 bits per heavy atom. The van der Waals surface area contributed by atoms with Gasteiger partial charge in [-0.15, -0.1) is 0 Å². The quantitative estimate of drug-likeness (QED) is 0.826. The number of carbonyl (C=O) groups excluding carboxylic acids is 1. The maximum absolute atomic E-state index is 12.7. The van der Waals surface area contributed by atoms with Crippen LogP contribution in [0.5, 0.6) is 5.75 Å². The number of hydrogen-bond acceptors (Lipinski definition) is 5. The number of carbonyl (C=O) groups is 1. The van der Waals surface area contributed by atoms with E-state index in [0.717, 1.165) is 43.4 Å². The summed E-state index contributed by atoms with van der Waals surface area (Å²) < 4.78 is 5.16. The van der Waals surface area contributed by atoms with Crippen molar-refractivity contribution in [1.82, 2.24) is 20.7 Å². The highest BCUT2D eigenvalue weighted by Gasteiger charge is 2.32. The number of ether oxygens (including phenoxy) is 1. The van der Waals surface area contributed by atoms with Crippen LogP contribution in [-0.2, 0) is 0 Å². The fourth-order valence-corrected chi connectivity index (χ4v) is 3.97. The number of benzene rings is 2. The molecule has 2 aromatic carbocycles. The van der Waals surface area contributed by atoms with Gasteiger partial charge in [-0.2, -0.15) is 0 Å². The van der Waals surface area contributed by atoms with Gasteiger partial charge in [0.05, 0.1) is 13.3 Å². The van der Waals surface area contributed by atoms with Crippen LogP contribution >= 0.6 is 11.6 Å². The number of hydrogen-bond donors (Lipinski definition) is 2. The maximum Gasteiger partial charge on any atom is 0.253 e. The second kappa shape index (κ2) is 8.49. The average Bonchev–Trinajstić information content (AvgIpc) is 3.24. The Morgan fingerprint density at radius 1 is 1.00 bits per heavy atom. The van der Waals surface area contributed by atoms with E-state index in [9.17, 15) is 4.79 Å². The lowest BCUT2D eigenvalue weighted by atomic mass is 10.0. The average molecular weight is 401 g/mol. The second-order valence-electron chi connectivity index (χ2n) is 7.20. The van der Waals surface area contributed by atoms with Crippen LogP contribution in [0.25, 0.3) is 0 Å². The number of methoxy groups -OCH3 is 1. The zero-order valence-corrected chi connectivity index (χ0v) is 16.7. The van der Waals surface area contributed by atoms with Crippen molar-refractivity contribution in [2.24, 2.45) is 0 Å². The monoisotopic (exact) mass is 400 g/mol. The third kappa shape index (κ3) is 4.15. The van der Waals surface area contributed by atoms with Crippen LogP contribution in [0.3, 0.4) is 0 Å². The zero-order chi connectivity index (χ0) is 19.5. The molecule has 2 heterocycles. The summed E-state index contributed by atoms with van der Waals surface area (Å²) in [5, 5.41) is 0.754. The van der Waals surface area contributed by atoms with E-state index in [1.165, 1.54) is 5.56 Å². The Balaban J connectivity index is 1.30. The Kier molecular flexibility index (Phi) is 5.82. The smallest absolute Gasteiger partial charge is 0.253 e. The molecule has 4 rings (SSSR count). The molecule has 0 aromatic heterocycles. The predicted molar refractivity (Wildman–Crippen MR) is 109 cm³/mol. The summed E-state index contributed by atoms with van der Waals surface area (Å²) in [4.78, 5) is 17.1. The molecular weight excluding hydrogens is 376 g/mol. The van der Waals surface area contributed by atoms with Crippen LogP contribution in [0.4, 0.5) is 0 Å². The van der Waals surface area contributed by atoms with E-state index in [0.29, 0.717) is 5.56 Å². The van der Waals surface area contributed by atoms with Crippen molar-refractivity contribution in [3.63, 3.8) is 0 Å². The highest BCUT2D eigenvalue weighted by molar-refractivity contribution is 6.30. The summed E-state index contributed by atoms with van der Waals surface area (Å²) in [5.41, 5.74) is 8.72. The summed E-state index contributed by atoms with van der Waals surface area (Å²) in [7, 11) is 1.62. The van der Waals surface area contributed by atoms with E-state index in [1.54, 1.807) is 7.11 Å². The van der Waals surface area contributed by atoms with Crippen LogP contribution in [0, 0.1) is 0 Å². The maximum atomic E-state index is 12.7. The zero-order valence-electron chi connectivity index (χ0n) is 15.9. The summed E-state index contributed by atoms with van der Waals surface area (Å²) in [6.45, 7) is 3.17. The molecule has 148 valence electrons. The van der Waals surface area contributed by atoms with Crippen molar-refractivity contribution < 1.29 is 9.53 Å². The molecule has 2 aromatic rings. The van der Waals surface area contributed by atoms with Crippen LogP contribution in [0.2, 0.25) is 5.02 Å². The highest BCUT2D eigenvalue weighted by atomic mass is 35.5. The van der Waals surface area contributed by atoms with E-state index in [1.807, 2.05) is 41.3 Å². The number of nitrogens with one attached hydrogen (secondary N) is 2. The van der Waals surface area contributed by atoms with Crippen LogP contribution in [0.15, 0.2) is 48.5 Å². The Morgan fingerprint density at radius 3 is 2.32 bits per heavy atom. The number of nitrogens with zero attached hydrogens (tertiary/aromatic N) is 2. The summed E-state index contributed by atoms with van der Waals surface area (Å²) in [5.74, 6) is 0.843. The molecule has 2 atom stereocenters. The van der Waals surface area contributed by atoms with Gasteiger partial charge in [-0.1, -0.05) is 23.7 Å². The third-order valence-electron chi connectivity index (χ3n) is 5.53. The fourth-order valence-electron chi connectivity index (χ4n) is 3.85. The van der Waals surface area contributed by atoms with Crippen molar-refractivity contribution in [3.05, 3.63) is 64.7 Å². The molecule has 0 saturated carbocycles. The number of rotatable bonds is 4. The van der Waals surface area contributed by atoms with Crippen molar-refractivity contribution in [3.8, 4) is 5.75 Å². The molecule has 2 unspecified atom stereocenters. The minimum absolute atomic E-state index is 0.0823. The minimum atomic E-state index is 0.0823. The van der Waals surface area contributed by atoms with Crippen molar-refractivity contribution in [2.45, 2.75) is 18.6 Å². The van der Waals surface area contributed by atoms with Gasteiger partial charge in [-0.3, -0.25) is 9.69 Å². The summed E-state index contributed by atoms with van der Waals surface area (Å²) >= 11 is 5.98. The molecular formula is C21H25ClN4O2. The Labute approximate surface area is 170 Å². The van der Waals surface area contributed by atoms with Crippen LogP contribution < -0.4 is 15.6 Å². The molecule has 2 saturated heterocycles. The molecule has 28 heavy (non-hydrogen) atoms. The van der Waals surface area contributed by atoms with E-state index in [2.05, 4.69) is 27.9 Å². The molecule has 0 bridgehead atoms. The van der Waals surface area contributed by atoms with Crippen LogP contribution in [0.1, 0.15) is 28.4 Å². The van der Waals surface area contributed by atoms with Gasteiger partial charge in [0.15, 0.2) is 0 Å². The van der Waals surface area contributed by atoms with Gasteiger partial charge >= 0.3 is 0 Å². The first-order valence-electron chi connectivity index (χ1n) is 9.58. The lowest BCUT2D eigenvalue weighted by Crippen LogP contribution is -2.55. The Bertz CT molecular complexity index is 804.